The van der Waals surface area contributed by atoms with Crippen LogP contribution in [0.3, 0.4) is 0 Å². The number of aryl methyl sites for hydroxylation is 1. The molecule has 1 saturated heterocycles. The molecule has 1 fully saturated rings. The summed E-state index contributed by atoms with van der Waals surface area (Å²) in [5, 5.41) is 7.10. The quantitative estimate of drug-likeness (QED) is 0.535. The number of benzene rings is 2. The molecule has 5 rings (SSSR count). The fourth-order valence-corrected chi connectivity index (χ4v) is 3.92. The molecule has 0 aliphatic carbocycles. The molecule has 1 atom stereocenters. The maximum Gasteiger partial charge on any atom is 0.268 e. The van der Waals surface area contributed by atoms with Gasteiger partial charge < -0.3 is 15.2 Å². The van der Waals surface area contributed by atoms with E-state index in [4.69, 9.17) is 0 Å². The number of aromatic amines is 1. The van der Waals surface area contributed by atoms with Gasteiger partial charge in [-0.3, -0.25) is 9.59 Å². The number of H-pyrrole nitrogens is 1. The molecule has 1 aliphatic heterocycles. The molecule has 0 bridgehead atoms. The number of anilines is 2. The summed E-state index contributed by atoms with van der Waals surface area (Å²) in [5.74, 6) is 0.586. The second kappa shape index (κ2) is 7.71. The standard InChI is InChI=1S/C23H22N6O2/c1-28-21(30)12-18(13-24-28)29-10-9-16(14-29)23(31)25-17-6-4-5-15(11-17)22-26-19-7-2-3-8-20(19)27-22/h2-8,11-13,16H,9-10,14H2,1H3,(H,25,31)(H,26,27). The molecular formula is C23H22N6O2. The van der Waals surface area contributed by atoms with E-state index < -0.39 is 0 Å². The Hall–Kier alpha value is -3.94. The fraction of sp³-hybridized carbons (Fsp3) is 0.217. The van der Waals surface area contributed by atoms with Gasteiger partial charge in [0.2, 0.25) is 5.91 Å². The van der Waals surface area contributed by atoms with Gasteiger partial charge in [0.1, 0.15) is 5.82 Å². The van der Waals surface area contributed by atoms with E-state index in [1.165, 1.54) is 4.68 Å². The summed E-state index contributed by atoms with van der Waals surface area (Å²) in [7, 11) is 1.62. The van der Waals surface area contributed by atoms with Crippen LogP contribution in [-0.4, -0.2) is 38.7 Å². The predicted molar refractivity (Wildman–Crippen MR) is 120 cm³/mol. The predicted octanol–water partition coefficient (Wildman–Crippen LogP) is 2.79. The number of rotatable bonds is 4. The van der Waals surface area contributed by atoms with Crippen LogP contribution in [0.1, 0.15) is 6.42 Å². The topological polar surface area (TPSA) is 95.9 Å². The molecule has 1 amide bonds. The summed E-state index contributed by atoms with van der Waals surface area (Å²) in [6.45, 7) is 1.27. The Kier molecular flexibility index (Phi) is 4.74. The zero-order chi connectivity index (χ0) is 21.4. The molecule has 2 N–H and O–H groups in total. The number of nitrogens with one attached hydrogen (secondary N) is 2. The number of hydrogen-bond donors (Lipinski definition) is 2. The van der Waals surface area contributed by atoms with Crippen LogP contribution in [-0.2, 0) is 11.8 Å². The van der Waals surface area contributed by atoms with E-state index in [0.29, 0.717) is 13.1 Å². The Bertz CT molecular complexity index is 1290. The second-order valence-corrected chi connectivity index (χ2v) is 7.78. The first-order valence-electron chi connectivity index (χ1n) is 10.2. The van der Waals surface area contributed by atoms with Crippen LogP contribution in [0.4, 0.5) is 11.4 Å². The zero-order valence-electron chi connectivity index (χ0n) is 17.1. The largest absolute Gasteiger partial charge is 0.369 e. The van der Waals surface area contributed by atoms with Crippen LogP contribution in [0.15, 0.2) is 65.6 Å². The smallest absolute Gasteiger partial charge is 0.268 e. The Morgan fingerprint density at radius 2 is 2.03 bits per heavy atom. The lowest BCUT2D eigenvalue weighted by Crippen LogP contribution is -2.28. The van der Waals surface area contributed by atoms with Crippen molar-refractivity contribution in [2.45, 2.75) is 6.42 Å². The van der Waals surface area contributed by atoms with Crippen molar-refractivity contribution in [2.75, 3.05) is 23.3 Å². The Balaban J connectivity index is 1.29. The van der Waals surface area contributed by atoms with Crippen LogP contribution >= 0.6 is 0 Å². The van der Waals surface area contributed by atoms with Crippen LogP contribution < -0.4 is 15.8 Å². The number of nitrogens with zero attached hydrogens (tertiary/aromatic N) is 4. The van der Waals surface area contributed by atoms with Crippen LogP contribution in [0.5, 0.6) is 0 Å². The molecule has 0 radical (unpaired) electrons. The van der Waals surface area contributed by atoms with Crippen molar-refractivity contribution >= 4 is 28.3 Å². The van der Waals surface area contributed by atoms with Gasteiger partial charge in [0.15, 0.2) is 0 Å². The third-order valence-corrected chi connectivity index (χ3v) is 5.67. The highest BCUT2D eigenvalue weighted by atomic mass is 16.2. The highest BCUT2D eigenvalue weighted by molar-refractivity contribution is 5.94. The summed E-state index contributed by atoms with van der Waals surface area (Å²) in [4.78, 5) is 34.7. The highest BCUT2D eigenvalue weighted by Crippen LogP contribution is 2.26. The molecule has 2 aromatic carbocycles. The maximum absolute atomic E-state index is 12.9. The number of imidazole rings is 1. The molecule has 1 aliphatic rings. The lowest BCUT2D eigenvalue weighted by molar-refractivity contribution is -0.119. The van der Waals surface area contributed by atoms with Crippen molar-refractivity contribution in [1.29, 1.82) is 0 Å². The molecule has 3 heterocycles. The lowest BCUT2D eigenvalue weighted by Gasteiger charge is -2.18. The average molecular weight is 414 g/mol. The number of amides is 1. The summed E-state index contributed by atoms with van der Waals surface area (Å²) >= 11 is 0. The Morgan fingerprint density at radius 1 is 1.16 bits per heavy atom. The molecule has 8 nitrogen and oxygen atoms in total. The van der Waals surface area contributed by atoms with E-state index in [1.54, 1.807) is 19.3 Å². The molecule has 0 spiro atoms. The van der Waals surface area contributed by atoms with E-state index >= 15 is 0 Å². The molecular weight excluding hydrogens is 392 g/mol. The zero-order valence-corrected chi connectivity index (χ0v) is 17.1. The highest BCUT2D eigenvalue weighted by Gasteiger charge is 2.29. The first kappa shape index (κ1) is 19.0. The number of carbonyl (C=O) groups is 1. The van der Waals surface area contributed by atoms with Crippen molar-refractivity contribution in [2.24, 2.45) is 13.0 Å². The van der Waals surface area contributed by atoms with Crippen LogP contribution in [0.2, 0.25) is 0 Å². The number of aromatic nitrogens is 4. The van der Waals surface area contributed by atoms with Gasteiger partial charge in [-0.25, -0.2) is 9.67 Å². The maximum atomic E-state index is 12.9. The number of para-hydroxylation sites is 2. The minimum absolute atomic E-state index is 0.0268. The minimum atomic E-state index is -0.159. The summed E-state index contributed by atoms with van der Waals surface area (Å²) < 4.78 is 1.29. The van der Waals surface area contributed by atoms with Gasteiger partial charge in [-0.15, -0.1) is 0 Å². The third kappa shape index (κ3) is 3.79. The van der Waals surface area contributed by atoms with Gasteiger partial charge in [-0.2, -0.15) is 5.10 Å². The number of fused-ring (bicyclic) bond motifs is 1. The molecule has 156 valence electrons. The molecule has 2 aromatic heterocycles. The van der Waals surface area contributed by atoms with Crippen molar-refractivity contribution in [3.05, 3.63) is 71.1 Å². The van der Waals surface area contributed by atoms with Crippen molar-refractivity contribution in [3.8, 4) is 11.4 Å². The molecule has 0 saturated carbocycles. The normalized spacial score (nSPS) is 16.0. The Morgan fingerprint density at radius 3 is 2.87 bits per heavy atom. The van der Waals surface area contributed by atoms with E-state index in [2.05, 4.69) is 20.4 Å². The lowest BCUT2D eigenvalue weighted by atomic mass is 10.1. The van der Waals surface area contributed by atoms with Gasteiger partial charge in [-0.05, 0) is 30.7 Å². The van der Waals surface area contributed by atoms with Crippen LogP contribution in [0.25, 0.3) is 22.4 Å². The van der Waals surface area contributed by atoms with E-state index in [9.17, 15) is 9.59 Å². The molecule has 1 unspecified atom stereocenters. The monoisotopic (exact) mass is 414 g/mol. The summed E-state index contributed by atoms with van der Waals surface area (Å²) in [6.07, 6.45) is 2.39. The number of carbonyl (C=O) groups excluding carboxylic acids is 1. The third-order valence-electron chi connectivity index (χ3n) is 5.67. The molecule has 31 heavy (non-hydrogen) atoms. The average Bonchev–Trinajstić information content (AvgIpc) is 3.43. The van der Waals surface area contributed by atoms with Crippen molar-refractivity contribution in [3.63, 3.8) is 0 Å². The SMILES string of the molecule is Cn1ncc(N2CCC(C(=O)Nc3cccc(-c4nc5ccccc5[nH]4)c3)C2)cc1=O. The first-order chi connectivity index (χ1) is 15.1. The van der Waals surface area contributed by atoms with Gasteiger partial charge >= 0.3 is 0 Å². The van der Waals surface area contributed by atoms with Crippen molar-refractivity contribution < 1.29 is 4.79 Å². The van der Waals surface area contributed by atoms with Gasteiger partial charge in [0.05, 0.1) is 28.8 Å². The number of hydrogen-bond acceptors (Lipinski definition) is 5. The van der Waals surface area contributed by atoms with Gasteiger partial charge in [-0.1, -0.05) is 24.3 Å². The summed E-state index contributed by atoms with van der Waals surface area (Å²) in [6, 6.07) is 17.1. The Labute approximate surface area is 178 Å². The van der Waals surface area contributed by atoms with Gasteiger partial charge in [0, 0.05) is 37.5 Å². The van der Waals surface area contributed by atoms with E-state index in [-0.39, 0.29) is 17.4 Å². The second-order valence-electron chi connectivity index (χ2n) is 7.78. The summed E-state index contributed by atoms with van der Waals surface area (Å²) in [5.41, 5.74) is 4.12. The first-order valence-corrected chi connectivity index (χ1v) is 10.2. The molecule has 4 aromatic rings. The van der Waals surface area contributed by atoms with Crippen molar-refractivity contribution in [1.82, 2.24) is 19.7 Å². The fourth-order valence-electron chi connectivity index (χ4n) is 3.92. The van der Waals surface area contributed by atoms with E-state index in [1.807, 2.05) is 53.4 Å². The molecule has 8 heteroatoms. The van der Waals surface area contributed by atoms with Gasteiger partial charge in [0.25, 0.3) is 5.56 Å². The van der Waals surface area contributed by atoms with Crippen LogP contribution in [0, 0.1) is 5.92 Å². The minimum Gasteiger partial charge on any atom is -0.369 e. The van der Waals surface area contributed by atoms with E-state index in [0.717, 1.165) is 40.2 Å².